The molecular formula is C12H8BrF2NO3. The number of aryl methyl sites for hydroxylation is 1. The molecule has 0 N–H and O–H groups in total. The third-order valence-corrected chi connectivity index (χ3v) is 2.85. The number of halogens is 3. The highest BCUT2D eigenvalue weighted by atomic mass is 79.9. The fraction of sp³-hybridized carbons (Fsp3) is 0.167. The molecule has 1 aromatic heterocycles. The van der Waals surface area contributed by atoms with Crippen molar-refractivity contribution in [2.45, 2.75) is 6.92 Å². The minimum Gasteiger partial charge on any atom is -0.464 e. The second kappa shape index (κ2) is 5.08. The Balaban J connectivity index is 2.58. The highest BCUT2D eigenvalue weighted by Gasteiger charge is 2.23. The van der Waals surface area contributed by atoms with Crippen LogP contribution in [0.4, 0.5) is 8.78 Å². The number of aromatic nitrogens is 1. The molecule has 0 fully saturated rings. The molecule has 0 amide bonds. The van der Waals surface area contributed by atoms with Crippen molar-refractivity contribution in [1.29, 1.82) is 0 Å². The maximum Gasteiger partial charge on any atom is 0.360 e. The molecule has 1 heterocycles. The van der Waals surface area contributed by atoms with Crippen LogP contribution in [-0.2, 0) is 4.74 Å². The van der Waals surface area contributed by atoms with E-state index in [2.05, 4.69) is 25.7 Å². The minimum atomic E-state index is -0.843. The largest absolute Gasteiger partial charge is 0.464 e. The minimum absolute atomic E-state index is 0.112. The van der Waals surface area contributed by atoms with Crippen LogP contribution in [0.15, 0.2) is 21.0 Å². The Morgan fingerprint density at radius 3 is 2.47 bits per heavy atom. The molecule has 0 unspecified atom stereocenters. The van der Waals surface area contributed by atoms with E-state index in [4.69, 9.17) is 4.42 Å². The first kappa shape index (κ1) is 13.7. The molecule has 0 saturated heterocycles. The number of rotatable bonds is 2. The molecule has 2 rings (SSSR count). The third-order valence-electron chi connectivity index (χ3n) is 2.40. The van der Waals surface area contributed by atoms with Crippen LogP contribution in [0.2, 0.25) is 0 Å². The Morgan fingerprint density at radius 2 is 1.95 bits per heavy atom. The van der Waals surface area contributed by atoms with Crippen molar-refractivity contribution >= 4 is 21.9 Å². The Bertz CT molecular complexity index is 631. The average molecular weight is 332 g/mol. The van der Waals surface area contributed by atoms with Gasteiger partial charge in [-0.05, 0) is 19.1 Å². The number of methoxy groups -OCH3 is 1. The van der Waals surface area contributed by atoms with Gasteiger partial charge in [-0.2, -0.15) is 0 Å². The van der Waals surface area contributed by atoms with Gasteiger partial charge in [-0.25, -0.2) is 18.6 Å². The van der Waals surface area contributed by atoms with E-state index < -0.39 is 23.2 Å². The maximum absolute atomic E-state index is 13.7. The number of carbonyl (C=O) groups is 1. The Hall–Kier alpha value is -1.76. The summed E-state index contributed by atoms with van der Waals surface area (Å²) < 4.78 is 37.3. The molecule has 0 aliphatic heterocycles. The molecule has 0 spiro atoms. The van der Waals surface area contributed by atoms with E-state index in [0.29, 0.717) is 0 Å². The van der Waals surface area contributed by atoms with Crippen LogP contribution in [0.5, 0.6) is 0 Å². The van der Waals surface area contributed by atoms with Gasteiger partial charge >= 0.3 is 5.97 Å². The van der Waals surface area contributed by atoms with Gasteiger partial charge in [0.2, 0.25) is 5.89 Å². The average Bonchev–Trinajstić information content (AvgIpc) is 2.68. The van der Waals surface area contributed by atoms with Crippen LogP contribution in [0, 0.1) is 18.6 Å². The molecule has 0 aliphatic carbocycles. The predicted octanol–water partition coefficient (Wildman–Crippen LogP) is 3.48. The number of carbonyl (C=O) groups excluding carboxylic acids is 1. The molecule has 7 heteroatoms. The molecule has 0 radical (unpaired) electrons. The Labute approximate surface area is 115 Å². The van der Waals surface area contributed by atoms with Gasteiger partial charge in [0.1, 0.15) is 23.0 Å². The van der Waals surface area contributed by atoms with Gasteiger partial charge in [0.15, 0.2) is 5.69 Å². The lowest BCUT2D eigenvalue weighted by molar-refractivity contribution is 0.0593. The number of oxazole rings is 1. The zero-order valence-corrected chi connectivity index (χ0v) is 11.5. The molecule has 0 aliphatic rings. The van der Waals surface area contributed by atoms with Crippen LogP contribution >= 0.6 is 15.9 Å². The number of esters is 1. The highest BCUT2D eigenvalue weighted by molar-refractivity contribution is 9.10. The van der Waals surface area contributed by atoms with E-state index in [-0.39, 0.29) is 21.8 Å². The number of nitrogens with zero attached hydrogens (tertiary/aromatic N) is 1. The van der Waals surface area contributed by atoms with Crippen molar-refractivity contribution in [3.63, 3.8) is 0 Å². The van der Waals surface area contributed by atoms with E-state index in [1.165, 1.54) is 14.0 Å². The molecule has 0 saturated carbocycles. The quantitative estimate of drug-likeness (QED) is 0.790. The smallest absolute Gasteiger partial charge is 0.360 e. The Kier molecular flexibility index (Phi) is 3.66. The lowest BCUT2D eigenvalue weighted by atomic mass is 10.2. The van der Waals surface area contributed by atoms with Crippen molar-refractivity contribution < 1.29 is 22.7 Å². The lowest BCUT2D eigenvalue weighted by Crippen LogP contribution is -2.03. The fourth-order valence-corrected chi connectivity index (χ4v) is 1.94. The topological polar surface area (TPSA) is 52.3 Å². The van der Waals surface area contributed by atoms with Crippen LogP contribution < -0.4 is 0 Å². The number of hydrogen-bond donors (Lipinski definition) is 0. The number of hydrogen-bond acceptors (Lipinski definition) is 4. The van der Waals surface area contributed by atoms with Crippen LogP contribution in [-0.4, -0.2) is 18.1 Å². The van der Waals surface area contributed by atoms with Crippen molar-refractivity contribution in [1.82, 2.24) is 4.98 Å². The van der Waals surface area contributed by atoms with E-state index in [0.717, 1.165) is 12.1 Å². The molecular weight excluding hydrogens is 324 g/mol. The van der Waals surface area contributed by atoms with Crippen molar-refractivity contribution in [2.75, 3.05) is 7.11 Å². The SMILES string of the molecule is COC(=O)c1nc(-c2c(F)cc(Br)cc2F)oc1C. The second-order valence-electron chi connectivity index (χ2n) is 3.66. The molecule has 0 atom stereocenters. The zero-order chi connectivity index (χ0) is 14.2. The summed E-state index contributed by atoms with van der Waals surface area (Å²) in [6.07, 6.45) is 0. The summed E-state index contributed by atoms with van der Waals surface area (Å²) in [6.45, 7) is 1.46. The van der Waals surface area contributed by atoms with Gasteiger partial charge in [0.25, 0.3) is 0 Å². The predicted molar refractivity (Wildman–Crippen MR) is 65.6 cm³/mol. The Morgan fingerprint density at radius 1 is 1.37 bits per heavy atom. The fourth-order valence-electron chi connectivity index (χ4n) is 1.54. The third kappa shape index (κ3) is 2.51. The summed E-state index contributed by atoms with van der Waals surface area (Å²) in [5.41, 5.74) is -0.541. The summed E-state index contributed by atoms with van der Waals surface area (Å²) in [7, 11) is 1.18. The van der Waals surface area contributed by atoms with Crippen molar-refractivity contribution in [3.8, 4) is 11.5 Å². The summed E-state index contributed by atoms with van der Waals surface area (Å²) in [5, 5.41) is 0. The van der Waals surface area contributed by atoms with Gasteiger partial charge in [-0.1, -0.05) is 15.9 Å². The van der Waals surface area contributed by atoms with Crippen LogP contribution in [0.1, 0.15) is 16.2 Å². The van der Waals surface area contributed by atoms with Gasteiger partial charge in [-0.3, -0.25) is 0 Å². The van der Waals surface area contributed by atoms with Gasteiger partial charge < -0.3 is 9.15 Å². The zero-order valence-electron chi connectivity index (χ0n) is 9.96. The molecule has 100 valence electrons. The number of ether oxygens (including phenoxy) is 1. The highest BCUT2D eigenvalue weighted by Crippen LogP contribution is 2.29. The number of benzene rings is 1. The molecule has 19 heavy (non-hydrogen) atoms. The monoisotopic (exact) mass is 331 g/mol. The molecule has 4 nitrogen and oxygen atoms in total. The van der Waals surface area contributed by atoms with E-state index in [1.807, 2.05) is 0 Å². The van der Waals surface area contributed by atoms with Crippen molar-refractivity contribution in [2.24, 2.45) is 0 Å². The van der Waals surface area contributed by atoms with Crippen LogP contribution in [0.3, 0.4) is 0 Å². The summed E-state index contributed by atoms with van der Waals surface area (Å²) >= 11 is 2.97. The first-order valence-electron chi connectivity index (χ1n) is 5.14. The summed E-state index contributed by atoms with van der Waals surface area (Å²) in [4.78, 5) is 15.1. The van der Waals surface area contributed by atoms with E-state index in [9.17, 15) is 13.6 Å². The van der Waals surface area contributed by atoms with Gasteiger partial charge in [0.05, 0.1) is 7.11 Å². The van der Waals surface area contributed by atoms with Gasteiger partial charge in [-0.15, -0.1) is 0 Å². The second-order valence-corrected chi connectivity index (χ2v) is 4.58. The lowest BCUT2D eigenvalue weighted by Gasteiger charge is -2.01. The standard InChI is InChI=1S/C12H8BrF2NO3/c1-5-10(12(17)18-2)16-11(19-5)9-7(14)3-6(13)4-8(9)15/h3-4H,1-2H3. The van der Waals surface area contributed by atoms with Gasteiger partial charge in [0, 0.05) is 4.47 Å². The summed E-state index contributed by atoms with van der Waals surface area (Å²) in [6, 6.07) is 2.16. The molecule has 2 aromatic rings. The first-order chi connectivity index (χ1) is 8.93. The maximum atomic E-state index is 13.7. The molecule has 1 aromatic carbocycles. The van der Waals surface area contributed by atoms with E-state index in [1.54, 1.807) is 0 Å². The normalized spacial score (nSPS) is 10.6. The van der Waals surface area contributed by atoms with Crippen LogP contribution in [0.25, 0.3) is 11.5 Å². The summed E-state index contributed by atoms with van der Waals surface area (Å²) in [5.74, 6) is -2.59. The van der Waals surface area contributed by atoms with Crippen molar-refractivity contribution in [3.05, 3.63) is 39.7 Å². The molecule has 0 bridgehead atoms. The van der Waals surface area contributed by atoms with E-state index >= 15 is 0 Å². The first-order valence-corrected chi connectivity index (χ1v) is 5.94.